The second-order valence-corrected chi connectivity index (χ2v) is 5.50. The summed E-state index contributed by atoms with van der Waals surface area (Å²) in [5, 5.41) is 9.40. The molecule has 1 fully saturated rings. The first-order valence-electron chi connectivity index (χ1n) is 6.15. The Morgan fingerprint density at radius 2 is 2.59 bits per heavy atom. The summed E-state index contributed by atoms with van der Waals surface area (Å²) in [5.41, 5.74) is 1.08. The first-order valence-corrected chi connectivity index (χ1v) is 7.03. The lowest BCUT2D eigenvalue weighted by Gasteiger charge is -2.21. The van der Waals surface area contributed by atoms with E-state index in [4.69, 9.17) is 0 Å². The molecule has 1 aliphatic heterocycles. The van der Waals surface area contributed by atoms with Crippen LogP contribution in [0.2, 0.25) is 0 Å². The molecule has 1 atom stereocenters. The van der Waals surface area contributed by atoms with Crippen LogP contribution in [0.25, 0.3) is 0 Å². The number of aryl methyl sites for hydroxylation is 1. The zero-order valence-corrected chi connectivity index (χ0v) is 11.0. The van der Waals surface area contributed by atoms with E-state index >= 15 is 0 Å². The second-order valence-electron chi connectivity index (χ2n) is 4.44. The molecular formula is C12H19N3OS. The van der Waals surface area contributed by atoms with Gasteiger partial charge in [0.15, 0.2) is 0 Å². The molecule has 2 N–H and O–H groups in total. The molecule has 1 aromatic heterocycles. The minimum absolute atomic E-state index is 0.154. The summed E-state index contributed by atoms with van der Waals surface area (Å²) in [7, 11) is 0. The summed E-state index contributed by atoms with van der Waals surface area (Å²) in [6, 6.07) is 0. The molecule has 0 aromatic carbocycles. The zero-order valence-electron chi connectivity index (χ0n) is 10.2. The van der Waals surface area contributed by atoms with Crippen LogP contribution in [0.4, 0.5) is 0 Å². The van der Waals surface area contributed by atoms with Crippen molar-refractivity contribution in [3.05, 3.63) is 16.1 Å². The van der Waals surface area contributed by atoms with Gasteiger partial charge in [0.2, 0.25) is 5.91 Å². The smallest absolute Gasteiger partial charge is 0.224 e. The average molecular weight is 253 g/mol. The lowest BCUT2D eigenvalue weighted by atomic mass is 9.99. The number of carbonyl (C=O) groups is 1. The molecule has 0 unspecified atom stereocenters. The van der Waals surface area contributed by atoms with Crippen molar-refractivity contribution < 1.29 is 4.79 Å². The maximum Gasteiger partial charge on any atom is 0.224 e. The van der Waals surface area contributed by atoms with E-state index in [1.807, 2.05) is 6.92 Å². The molecule has 1 amide bonds. The summed E-state index contributed by atoms with van der Waals surface area (Å²) in [6.07, 6.45) is 2.94. The summed E-state index contributed by atoms with van der Waals surface area (Å²) < 4.78 is 0. The van der Waals surface area contributed by atoms with E-state index < -0.39 is 0 Å². The molecule has 0 aliphatic carbocycles. The van der Waals surface area contributed by atoms with Crippen LogP contribution in [0.5, 0.6) is 0 Å². The minimum atomic E-state index is 0.154. The number of nitrogens with zero attached hydrogens (tertiary/aromatic N) is 1. The normalized spacial score (nSPS) is 20.2. The Morgan fingerprint density at radius 1 is 1.71 bits per heavy atom. The average Bonchev–Trinajstić information content (AvgIpc) is 2.76. The van der Waals surface area contributed by atoms with Crippen LogP contribution in [0.15, 0.2) is 5.38 Å². The lowest BCUT2D eigenvalue weighted by Crippen LogP contribution is -2.41. The van der Waals surface area contributed by atoms with Crippen LogP contribution in [0.3, 0.4) is 0 Å². The highest BCUT2D eigenvalue weighted by Gasteiger charge is 2.20. The zero-order chi connectivity index (χ0) is 12.1. The molecule has 0 radical (unpaired) electrons. The van der Waals surface area contributed by atoms with E-state index in [2.05, 4.69) is 21.0 Å². The molecule has 5 heteroatoms. The second kappa shape index (κ2) is 6.12. The number of amides is 1. The van der Waals surface area contributed by atoms with Crippen molar-refractivity contribution in [3.8, 4) is 0 Å². The molecule has 94 valence electrons. The van der Waals surface area contributed by atoms with Crippen molar-refractivity contribution in [1.29, 1.82) is 0 Å². The maximum atomic E-state index is 11.8. The number of nitrogens with one attached hydrogen (secondary N) is 2. The minimum Gasteiger partial charge on any atom is -0.355 e. The van der Waals surface area contributed by atoms with E-state index in [-0.39, 0.29) is 11.8 Å². The van der Waals surface area contributed by atoms with Gasteiger partial charge in [-0.15, -0.1) is 11.3 Å². The van der Waals surface area contributed by atoms with E-state index in [1.165, 1.54) is 0 Å². The van der Waals surface area contributed by atoms with E-state index in [0.29, 0.717) is 6.54 Å². The molecule has 1 saturated heterocycles. The van der Waals surface area contributed by atoms with Gasteiger partial charge in [0.1, 0.15) is 0 Å². The standard InChI is InChI=1S/C12H19N3OS/c1-9-15-11(8-17-9)4-6-14-12(16)10-3-2-5-13-7-10/h8,10,13H,2-7H2,1H3,(H,14,16)/t10-/m1/s1. The Balaban J connectivity index is 1.69. The van der Waals surface area contributed by atoms with E-state index in [0.717, 1.165) is 43.1 Å². The Bertz CT molecular complexity index is 372. The topological polar surface area (TPSA) is 54.0 Å². The van der Waals surface area contributed by atoms with Gasteiger partial charge in [-0.2, -0.15) is 0 Å². The monoisotopic (exact) mass is 253 g/mol. The van der Waals surface area contributed by atoms with Crippen molar-refractivity contribution in [2.75, 3.05) is 19.6 Å². The molecule has 1 aromatic rings. The summed E-state index contributed by atoms with van der Waals surface area (Å²) >= 11 is 1.66. The lowest BCUT2D eigenvalue weighted by molar-refractivity contribution is -0.125. The Kier molecular flexibility index (Phi) is 4.50. The fraction of sp³-hybridized carbons (Fsp3) is 0.667. The fourth-order valence-corrected chi connectivity index (χ4v) is 2.70. The predicted molar refractivity (Wildman–Crippen MR) is 69.2 cm³/mol. The molecule has 0 spiro atoms. The van der Waals surface area contributed by atoms with Crippen LogP contribution in [0.1, 0.15) is 23.5 Å². The number of aromatic nitrogens is 1. The van der Waals surface area contributed by atoms with Gasteiger partial charge < -0.3 is 10.6 Å². The molecule has 0 saturated carbocycles. The SMILES string of the molecule is Cc1nc(CCNC(=O)[C@@H]2CCCNC2)cs1. The molecule has 0 bridgehead atoms. The van der Waals surface area contributed by atoms with Crippen LogP contribution in [0, 0.1) is 12.8 Å². The molecular weight excluding hydrogens is 234 g/mol. The van der Waals surface area contributed by atoms with Crippen LogP contribution in [-0.4, -0.2) is 30.5 Å². The van der Waals surface area contributed by atoms with E-state index in [9.17, 15) is 4.79 Å². The third-order valence-electron chi connectivity index (χ3n) is 3.01. The number of hydrogen-bond donors (Lipinski definition) is 2. The summed E-state index contributed by atoms with van der Waals surface area (Å²) in [6.45, 7) is 4.56. The summed E-state index contributed by atoms with van der Waals surface area (Å²) in [4.78, 5) is 16.2. The first kappa shape index (κ1) is 12.5. The van der Waals surface area contributed by atoms with Gasteiger partial charge >= 0.3 is 0 Å². The first-order chi connectivity index (χ1) is 8.25. The highest BCUT2D eigenvalue weighted by atomic mass is 32.1. The molecule has 1 aliphatic rings. The van der Waals surface area contributed by atoms with Gasteiger partial charge in [0.05, 0.1) is 16.6 Å². The highest BCUT2D eigenvalue weighted by molar-refractivity contribution is 7.09. The van der Waals surface area contributed by atoms with Crippen LogP contribution >= 0.6 is 11.3 Å². The number of rotatable bonds is 4. The quantitative estimate of drug-likeness (QED) is 0.845. The molecule has 2 heterocycles. The van der Waals surface area contributed by atoms with Gasteiger partial charge in [0, 0.05) is 24.9 Å². The number of carbonyl (C=O) groups excluding carboxylic acids is 1. The van der Waals surface area contributed by atoms with Gasteiger partial charge in [-0.3, -0.25) is 4.79 Å². The summed E-state index contributed by atoms with van der Waals surface area (Å²) in [5.74, 6) is 0.338. The third-order valence-corrected chi connectivity index (χ3v) is 3.84. The number of piperidine rings is 1. The van der Waals surface area contributed by atoms with Gasteiger partial charge in [-0.05, 0) is 26.3 Å². The maximum absolute atomic E-state index is 11.8. The van der Waals surface area contributed by atoms with Crippen LogP contribution < -0.4 is 10.6 Å². The molecule has 2 rings (SSSR count). The van der Waals surface area contributed by atoms with Gasteiger partial charge in [-0.1, -0.05) is 0 Å². The van der Waals surface area contributed by atoms with Gasteiger partial charge in [0.25, 0.3) is 0 Å². The fourth-order valence-electron chi connectivity index (χ4n) is 2.06. The van der Waals surface area contributed by atoms with Crippen molar-refractivity contribution in [2.45, 2.75) is 26.2 Å². The number of hydrogen-bond acceptors (Lipinski definition) is 4. The van der Waals surface area contributed by atoms with Crippen molar-refractivity contribution in [2.24, 2.45) is 5.92 Å². The van der Waals surface area contributed by atoms with Crippen LogP contribution in [-0.2, 0) is 11.2 Å². The third kappa shape index (κ3) is 3.78. The Hall–Kier alpha value is -0.940. The highest BCUT2D eigenvalue weighted by Crippen LogP contribution is 2.10. The predicted octanol–water partition coefficient (Wildman–Crippen LogP) is 1.11. The van der Waals surface area contributed by atoms with E-state index in [1.54, 1.807) is 11.3 Å². The molecule has 4 nitrogen and oxygen atoms in total. The Labute approximate surface area is 106 Å². The van der Waals surface area contributed by atoms with Gasteiger partial charge in [-0.25, -0.2) is 4.98 Å². The van der Waals surface area contributed by atoms with Crippen molar-refractivity contribution in [1.82, 2.24) is 15.6 Å². The van der Waals surface area contributed by atoms with Crippen molar-refractivity contribution >= 4 is 17.2 Å². The Morgan fingerprint density at radius 3 is 3.24 bits per heavy atom. The molecule has 17 heavy (non-hydrogen) atoms. The largest absolute Gasteiger partial charge is 0.355 e. The van der Waals surface area contributed by atoms with Crippen molar-refractivity contribution in [3.63, 3.8) is 0 Å². The number of thiazole rings is 1.